The Bertz CT molecular complexity index is 917. The Morgan fingerprint density at radius 3 is 2.31 bits per heavy atom. The summed E-state index contributed by atoms with van der Waals surface area (Å²) >= 11 is 0. The van der Waals surface area contributed by atoms with Crippen molar-refractivity contribution in [3.8, 4) is 11.5 Å². The first-order valence-corrected chi connectivity index (χ1v) is 9.38. The number of halogens is 1. The zero-order valence-electron chi connectivity index (χ0n) is 16.2. The maximum atomic E-state index is 13.1. The van der Waals surface area contributed by atoms with Gasteiger partial charge in [-0.25, -0.2) is 4.39 Å². The molecule has 150 valence electrons. The van der Waals surface area contributed by atoms with Crippen LogP contribution in [-0.4, -0.2) is 26.2 Å². The Hall–Kier alpha value is -3.38. The van der Waals surface area contributed by atoms with Crippen molar-refractivity contribution in [3.63, 3.8) is 0 Å². The van der Waals surface area contributed by atoms with E-state index in [1.807, 2.05) is 59.9 Å². The number of rotatable bonds is 9. The summed E-state index contributed by atoms with van der Waals surface area (Å²) in [4.78, 5) is 12.9. The van der Waals surface area contributed by atoms with Crippen LogP contribution in [0.4, 0.5) is 10.1 Å². The van der Waals surface area contributed by atoms with E-state index in [2.05, 4.69) is 5.32 Å². The Morgan fingerprint density at radius 2 is 1.62 bits per heavy atom. The number of hydrogen-bond donors (Lipinski definition) is 2. The maximum absolute atomic E-state index is 13.1. The Morgan fingerprint density at radius 1 is 0.966 bits per heavy atom. The second kappa shape index (κ2) is 10.2. The van der Waals surface area contributed by atoms with Crippen LogP contribution in [0.15, 0.2) is 78.9 Å². The van der Waals surface area contributed by atoms with Crippen molar-refractivity contribution in [3.05, 3.63) is 90.2 Å². The Balaban J connectivity index is 1.63. The molecule has 6 heteroatoms. The van der Waals surface area contributed by atoms with Crippen LogP contribution >= 0.6 is 0 Å². The third-order valence-electron chi connectivity index (χ3n) is 4.40. The van der Waals surface area contributed by atoms with Gasteiger partial charge >= 0.3 is 0 Å². The summed E-state index contributed by atoms with van der Waals surface area (Å²) in [6.07, 6.45) is 0. The molecule has 29 heavy (non-hydrogen) atoms. The molecule has 3 N–H and O–H groups in total. The van der Waals surface area contributed by atoms with Gasteiger partial charge in [-0.3, -0.25) is 4.79 Å². The molecular formula is C23H24FN2O3+. The number of ether oxygens (including phenoxy) is 2. The maximum Gasteiger partial charge on any atom is 0.287 e. The number of amides is 1. The van der Waals surface area contributed by atoms with Crippen molar-refractivity contribution in [2.24, 2.45) is 0 Å². The van der Waals surface area contributed by atoms with Gasteiger partial charge < -0.3 is 20.1 Å². The number of nitrogens with two attached hydrogens (primary N) is 1. The average Bonchev–Trinajstić information content (AvgIpc) is 2.76. The number of quaternary nitrogens is 1. The van der Waals surface area contributed by atoms with Crippen LogP contribution in [-0.2, 0) is 4.79 Å². The first-order valence-electron chi connectivity index (χ1n) is 9.38. The summed E-state index contributed by atoms with van der Waals surface area (Å²) < 4.78 is 24.2. The predicted octanol–water partition coefficient (Wildman–Crippen LogP) is 3.16. The first-order chi connectivity index (χ1) is 14.2. The average molecular weight is 395 g/mol. The number of anilines is 1. The molecule has 0 bridgehead atoms. The molecule has 0 saturated heterocycles. The van der Waals surface area contributed by atoms with E-state index in [9.17, 15) is 9.18 Å². The van der Waals surface area contributed by atoms with E-state index >= 15 is 0 Å². The molecule has 3 aromatic carbocycles. The van der Waals surface area contributed by atoms with Gasteiger partial charge in [-0.15, -0.1) is 0 Å². The van der Waals surface area contributed by atoms with E-state index in [0.717, 1.165) is 5.56 Å². The van der Waals surface area contributed by atoms with Crippen molar-refractivity contribution in [2.45, 2.75) is 6.04 Å². The van der Waals surface area contributed by atoms with Crippen molar-refractivity contribution in [1.29, 1.82) is 0 Å². The molecule has 0 saturated carbocycles. The van der Waals surface area contributed by atoms with E-state index in [1.165, 1.54) is 12.1 Å². The van der Waals surface area contributed by atoms with Crippen LogP contribution in [0.2, 0.25) is 0 Å². The lowest BCUT2D eigenvalue weighted by molar-refractivity contribution is -0.682. The van der Waals surface area contributed by atoms with E-state index < -0.39 is 6.04 Å². The van der Waals surface area contributed by atoms with Gasteiger partial charge in [0.2, 0.25) is 0 Å². The lowest BCUT2D eigenvalue weighted by Gasteiger charge is -2.17. The monoisotopic (exact) mass is 395 g/mol. The highest BCUT2D eigenvalue weighted by molar-refractivity contribution is 5.94. The molecular weight excluding hydrogens is 371 g/mol. The van der Waals surface area contributed by atoms with Gasteiger partial charge in [-0.05, 0) is 36.4 Å². The third kappa shape index (κ3) is 5.80. The standard InChI is InChI=1S/C23H23FN2O3/c1-28-20-9-5-6-10-21(20)29-16-15-25-22(17-7-3-2-4-8-17)23(27)26-19-13-11-18(24)12-14-19/h2-14,22,25H,15-16H2,1H3,(H,26,27)/p+1/t22-/m0/s1. The van der Waals surface area contributed by atoms with Gasteiger partial charge in [0, 0.05) is 11.3 Å². The summed E-state index contributed by atoms with van der Waals surface area (Å²) in [5.74, 6) is 0.805. The fourth-order valence-electron chi connectivity index (χ4n) is 2.95. The molecule has 1 amide bonds. The van der Waals surface area contributed by atoms with E-state index in [1.54, 1.807) is 19.2 Å². The van der Waals surface area contributed by atoms with Gasteiger partial charge in [0.25, 0.3) is 5.91 Å². The number of hydrogen-bond acceptors (Lipinski definition) is 3. The highest BCUT2D eigenvalue weighted by atomic mass is 19.1. The molecule has 0 aliphatic carbocycles. The van der Waals surface area contributed by atoms with Crippen molar-refractivity contribution < 1.29 is 24.0 Å². The van der Waals surface area contributed by atoms with E-state index in [4.69, 9.17) is 9.47 Å². The predicted molar refractivity (Wildman–Crippen MR) is 109 cm³/mol. The number of benzene rings is 3. The highest BCUT2D eigenvalue weighted by Gasteiger charge is 2.24. The van der Waals surface area contributed by atoms with Crippen LogP contribution in [0.25, 0.3) is 0 Å². The topological polar surface area (TPSA) is 64.2 Å². The van der Waals surface area contributed by atoms with Crippen LogP contribution in [0.3, 0.4) is 0 Å². The molecule has 0 spiro atoms. The molecule has 0 aliphatic rings. The summed E-state index contributed by atoms with van der Waals surface area (Å²) in [5.41, 5.74) is 1.43. The number of carbonyl (C=O) groups excluding carboxylic acids is 1. The smallest absolute Gasteiger partial charge is 0.287 e. The van der Waals surface area contributed by atoms with E-state index in [-0.39, 0.29) is 11.7 Å². The minimum absolute atomic E-state index is 0.180. The molecule has 5 nitrogen and oxygen atoms in total. The van der Waals surface area contributed by atoms with Gasteiger partial charge in [0.05, 0.1) is 7.11 Å². The molecule has 0 fully saturated rings. The largest absolute Gasteiger partial charge is 0.493 e. The normalized spacial score (nSPS) is 11.5. The van der Waals surface area contributed by atoms with Crippen LogP contribution in [0.5, 0.6) is 11.5 Å². The lowest BCUT2D eigenvalue weighted by atomic mass is 10.1. The fraction of sp³-hybridized carbons (Fsp3) is 0.174. The lowest BCUT2D eigenvalue weighted by Crippen LogP contribution is -2.88. The SMILES string of the molecule is COc1ccccc1OCC[NH2+][C@H](C(=O)Nc1ccc(F)cc1)c1ccccc1. The van der Waals surface area contributed by atoms with Crippen LogP contribution < -0.4 is 20.1 Å². The number of methoxy groups -OCH3 is 1. The third-order valence-corrected chi connectivity index (χ3v) is 4.40. The minimum Gasteiger partial charge on any atom is -0.493 e. The van der Waals surface area contributed by atoms with Gasteiger partial charge in [0.15, 0.2) is 17.5 Å². The first kappa shape index (κ1) is 20.4. The molecule has 3 rings (SSSR count). The molecule has 0 aromatic heterocycles. The Kier molecular flexibility index (Phi) is 7.19. The van der Waals surface area contributed by atoms with E-state index in [0.29, 0.717) is 30.3 Å². The second-order valence-electron chi connectivity index (χ2n) is 6.41. The number of carbonyl (C=O) groups is 1. The quantitative estimate of drug-likeness (QED) is 0.547. The van der Waals surface area contributed by atoms with Gasteiger partial charge in [-0.2, -0.15) is 0 Å². The summed E-state index contributed by atoms with van der Waals surface area (Å²) in [7, 11) is 1.60. The molecule has 0 heterocycles. The van der Waals surface area contributed by atoms with Crippen molar-refractivity contribution in [2.75, 3.05) is 25.6 Å². The summed E-state index contributed by atoms with van der Waals surface area (Å²) in [6.45, 7) is 0.974. The molecule has 3 aromatic rings. The second-order valence-corrected chi connectivity index (χ2v) is 6.41. The Labute approximate surface area is 169 Å². The molecule has 0 unspecified atom stereocenters. The minimum atomic E-state index is -0.456. The number of para-hydroxylation sites is 2. The van der Waals surface area contributed by atoms with Crippen molar-refractivity contribution in [1.82, 2.24) is 0 Å². The van der Waals surface area contributed by atoms with Gasteiger partial charge in [0.1, 0.15) is 19.0 Å². The zero-order valence-corrected chi connectivity index (χ0v) is 16.2. The summed E-state index contributed by atoms with van der Waals surface area (Å²) in [6, 6.07) is 22.2. The molecule has 0 radical (unpaired) electrons. The van der Waals surface area contributed by atoms with Crippen molar-refractivity contribution >= 4 is 11.6 Å². The molecule has 0 aliphatic heterocycles. The fourth-order valence-corrected chi connectivity index (χ4v) is 2.95. The van der Waals surface area contributed by atoms with Crippen LogP contribution in [0, 0.1) is 5.82 Å². The molecule has 1 atom stereocenters. The highest BCUT2D eigenvalue weighted by Crippen LogP contribution is 2.25. The zero-order chi connectivity index (χ0) is 20.5. The van der Waals surface area contributed by atoms with Crippen LogP contribution in [0.1, 0.15) is 11.6 Å². The summed E-state index contributed by atoms with van der Waals surface area (Å²) in [5, 5.41) is 4.77. The van der Waals surface area contributed by atoms with Gasteiger partial charge in [-0.1, -0.05) is 42.5 Å². The number of nitrogens with one attached hydrogen (secondary N) is 1.